The zero-order valence-electron chi connectivity index (χ0n) is 43.4. The van der Waals surface area contributed by atoms with Crippen molar-refractivity contribution in [1.82, 2.24) is 41.7 Å². The van der Waals surface area contributed by atoms with Gasteiger partial charge in [0.2, 0.25) is 35.4 Å². The minimum absolute atomic E-state index is 0. The summed E-state index contributed by atoms with van der Waals surface area (Å²) in [6.07, 6.45) is 2.57. The molecular formula is C54H72Cl2N8O8S2. The largest absolute Gasteiger partial charge is 0.363 e. The van der Waals surface area contributed by atoms with Gasteiger partial charge in [0, 0.05) is 12.8 Å². The summed E-state index contributed by atoms with van der Waals surface area (Å²) in [5.74, 6) is 11.6. The normalized spacial score (nSPS) is 28.8. The third-order valence-electron chi connectivity index (χ3n) is 15.3. The maximum atomic E-state index is 14.5. The first kappa shape index (κ1) is 58.8. The molecule has 2 aromatic carbocycles. The third kappa shape index (κ3) is 12.5. The maximum absolute atomic E-state index is 14.5. The Morgan fingerprint density at radius 3 is 1.39 bits per heavy atom. The molecule has 402 valence electrons. The second kappa shape index (κ2) is 25.1. The number of nitrogens with zero attached hydrogens (tertiary/aromatic N) is 2. The van der Waals surface area contributed by atoms with Gasteiger partial charge in [0.1, 0.15) is 37.4 Å². The molecule has 4 fully saturated rings. The van der Waals surface area contributed by atoms with Crippen LogP contribution in [0.25, 0.3) is 0 Å². The third-order valence-corrected chi connectivity index (χ3v) is 17.8. The molecule has 20 heteroatoms. The number of halogens is 2. The molecule has 2 aliphatic carbocycles. The highest BCUT2D eigenvalue weighted by Crippen LogP contribution is 2.48. The minimum atomic E-state index is -0.754. The molecule has 4 heterocycles. The summed E-state index contributed by atoms with van der Waals surface area (Å²) in [5.41, 5.74) is 2.99. The summed E-state index contributed by atoms with van der Waals surface area (Å²) < 4.78 is 12.7. The Balaban J connectivity index is 0.00000446. The van der Waals surface area contributed by atoms with Gasteiger partial charge < -0.3 is 51.2 Å². The zero-order valence-corrected chi connectivity index (χ0v) is 46.7. The number of ether oxygens (including phenoxy) is 2. The van der Waals surface area contributed by atoms with Gasteiger partial charge in [-0.25, -0.2) is 0 Å². The molecule has 8 rings (SSSR count). The van der Waals surface area contributed by atoms with E-state index in [1.54, 1.807) is 61.3 Å². The summed E-state index contributed by atoms with van der Waals surface area (Å²) in [6.45, 7) is 11.7. The molecule has 74 heavy (non-hydrogen) atoms. The van der Waals surface area contributed by atoms with E-state index in [9.17, 15) is 28.8 Å². The number of thioether (sulfide) groups is 2. The van der Waals surface area contributed by atoms with Gasteiger partial charge in [-0.05, 0) is 110 Å². The molecular weight excluding hydrogens is 1020 g/mol. The first-order valence-corrected chi connectivity index (χ1v) is 27.3. The second-order valence-corrected chi connectivity index (χ2v) is 23.7. The summed E-state index contributed by atoms with van der Waals surface area (Å²) in [7, 11) is 3.39. The quantitative estimate of drug-likeness (QED) is 0.150. The number of likely N-dealkylation sites (N-methyl/N-ethyl adjacent to an activating group) is 2. The van der Waals surface area contributed by atoms with Gasteiger partial charge >= 0.3 is 0 Å². The van der Waals surface area contributed by atoms with Crippen LogP contribution in [-0.2, 0) is 51.1 Å². The van der Waals surface area contributed by atoms with Crippen LogP contribution in [0.2, 0.25) is 0 Å². The fourth-order valence-electron chi connectivity index (χ4n) is 11.2. The number of hydrogen-bond acceptors (Lipinski definition) is 12. The average Bonchev–Trinajstić information content (AvgIpc) is 3.99. The molecule has 6 N–H and O–H groups in total. The van der Waals surface area contributed by atoms with Crippen molar-refractivity contribution in [2.24, 2.45) is 10.8 Å². The predicted octanol–water partition coefficient (Wildman–Crippen LogP) is 3.80. The van der Waals surface area contributed by atoms with E-state index in [2.05, 4.69) is 55.6 Å². The standard InChI is InChI=1S/C54H70N8O8S2.2ClH/c1-31(55-7)47(63)57-37-21-25-71-41-29-53(3,4)45(61(41)51(37)67)49(65)59-43-35-19-13-11-17-33(35)27-39(43)69-23-15-9-10-16-24-70-40-28-34-18-12-14-20-36(34)44(40)60-50(66)46-54(5,6)30-42-62(46)52(68)38(22-26-72-42)58-48(64)32(2)56-8;;/h11-14,17-20,31-32,37-46,55-56H,21-30H2,1-8H3,(H,57,63)(H,58,64)(H,59,65)(H,60,66);2*1H/t31?,32?,37-,38-,39+,40+,41-,42-,43-,44-,45+,46+;;/m0../s1. The molecule has 2 aromatic rings. The lowest BCUT2D eigenvalue weighted by atomic mass is 9.83. The van der Waals surface area contributed by atoms with Crippen LogP contribution in [-0.4, -0.2) is 143 Å². The first-order chi connectivity index (χ1) is 34.4. The Bertz CT molecular complexity index is 2380. The monoisotopic (exact) mass is 1090 g/mol. The van der Waals surface area contributed by atoms with Gasteiger partial charge in [0.25, 0.3) is 0 Å². The van der Waals surface area contributed by atoms with Gasteiger partial charge in [0.15, 0.2) is 0 Å². The Kier molecular flexibility index (Phi) is 19.9. The van der Waals surface area contributed by atoms with Crippen molar-refractivity contribution in [3.8, 4) is 23.7 Å². The van der Waals surface area contributed by atoms with E-state index < -0.39 is 71.4 Å². The molecule has 6 amide bonds. The molecule has 0 radical (unpaired) electrons. The van der Waals surface area contributed by atoms with Crippen molar-refractivity contribution in [2.45, 2.75) is 151 Å². The summed E-state index contributed by atoms with van der Waals surface area (Å²) in [6, 6.07) is 11.0. The zero-order chi connectivity index (χ0) is 51.5. The van der Waals surface area contributed by atoms with Crippen molar-refractivity contribution in [3.63, 3.8) is 0 Å². The number of hydrogen-bond donors (Lipinski definition) is 6. The number of nitrogens with one attached hydrogen (secondary N) is 6. The van der Waals surface area contributed by atoms with Crippen molar-refractivity contribution in [2.75, 3.05) is 38.8 Å². The molecule has 2 unspecified atom stereocenters. The van der Waals surface area contributed by atoms with Crippen molar-refractivity contribution in [1.29, 1.82) is 0 Å². The lowest BCUT2D eigenvalue weighted by Crippen LogP contribution is -2.58. The van der Waals surface area contributed by atoms with Gasteiger partial charge in [-0.15, -0.1) is 48.3 Å². The van der Waals surface area contributed by atoms with E-state index in [0.717, 1.165) is 22.3 Å². The van der Waals surface area contributed by atoms with Gasteiger partial charge in [0.05, 0.1) is 47.1 Å². The molecule has 0 spiro atoms. The van der Waals surface area contributed by atoms with Crippen molar-refractivity contribution in [3.05, 3.63) is 70.8 Å². The highest BCUT2D eigenvalue weighted by atomic mass is 35.5. The van der Waals surface area contributed by atoms with E-state index in [-0.39, 0.29) is 84.2 Å². The fraction of sp³-hybridized carbons (Fsp3) is 0.593. The van der Waals surface area contributed by atoms with Gasteiger partial charge in [-0.1, -0.05) is 88.1 Å². The topological polar surface area (TPSA) is 200 Å². The molecule has 0 bridgehead atoms. The lowest BCUT2D eigenvalue weighted by Gasteiger charge is -2.35. The smallest absolute Gasteiger partial charge is 0.246 e. The number of rotatable bonds is 14. The molecule has 0 saturated carbocycles. The van der Waals surface area contributed by atoms with Crippen molar-refractivity contribution < 1.29 is 38.2 Å². The summed E-state index contributed by atoms with van der Waals surface area (Å²) in [5, 5.41) is 17.9. The number of amides is 6. The summed E-state index contributed by atoms with van der Waals surface area (Å²) >= 11 is 3.31. The predicted molar refractivity (Wildman–Crippen MR) is 292 cm³/mol. The Hall–Kier alpha value is -4.50. The van der Waals surface area contributed by atoms with Crippen LogP contribution in [0.5, 0.6) is 0 Å². The van der Waals surface area contributed by atoms with E-state index in [1.165, 1.54) is 0 Å². The van der Waals surface area contributed by atoms with Crippen LogP contribution in [0, 0.1) is 34.5 Å². The Morgan fingerprint density at radius 1 is 0.635 bits per heavy atom. The Morgan fingerprint density at radius 2 is 1.01 bits per heavy atom. The molecule has 0 aromatic heterocycles. The molecule has 12 atom stereocenters. The van der Waals surface area contributed by atoms with Crippen LogP contribution in [0.4, 0.5) is 0 Å². The van der Waals surface area contributed by atoms with Gasteiger partial charge in [-0.3, -0.25) is 28.8 Å². The van der Waals surface area contributed by atoms with Crippen LogP contribution < -0.4 is 31.9 Å². The van der Waals surface area contributed by atoms with Crippen LogP contribution >= 0.6 is 48.3 Å². The fourth-order valence-corrected chi connectivity index (χ4v) is 14.4. The Labute approximate surface area is 456 Å². The lowest BCUT2D eigenvalue weighted by molar-refractivity contribution is -0.144. The second-order valence-electron chi connectivity index (χ2n) is 21.1. The number of fused-ring (bicyclic) bond motifs is 4. The van der Waals surface area contributed by atoms with Crippen LogP contribution in [0.3, 0.4) is 0 Å². The average molecular weight is 1100 g/mol. The molecule has 6 aliphatic rings. The highest BCUT2D eigenvalue weighted by Gasteiger charge is 2.57. The molecule has 4 saturated heterocycles. The molecule has 16 nitrogen and oxygen atoms in total. The molecule has 4 aliphatic heterocycles. The number of carbonyl (C=O) groups is 6. The van der Waals surface area contributed by atoms with E-state index in [1.807, 2.05) is 76.2 Å². The number of benzene rings is 2. The van der Waals surface area contributed by atoms with Gasteiger partial charge in [-0.2, -0.15) is 0 Å². The van der Waals surface area contributed by atoms with E-state index in [0.29, 0.717) is 50.0 Å². The number of carbonyl (C=O) groups excluding carboxylic acids is 6. The summed E-state index contributed by atoms with van der Waals surface area (Å²) in [4.78, 5) is 86.6. The van der Waals surface area contributed by atoms with Crippen molar-refractivity contribution >= 4 is 83.8 Å². The van der Waals surface area contributed by atoms with Crippen LogP contribution in [0.15, 0.2) is 48.5 Å². The van der Waals surface area contributed by atoms with E-state index in [4.69, 9.17) is 9.47 Å². The first-order valence-electron chi connectivity index (χ1n) is 25.2. The highest BCUT2D eigenvalue weighted by molar-refractivity contribution is 8.00. The van der Waals surface area contributed by atoms with E-state index >= 15 is 0 Å². The van der Waals surface area contributed by atoms with Crippen LogP contribution in [0.1, 0.15) is 102 Å². The minimum Gasteiger partial charge on any atom is -0.363 e. The SMILES string of the molecule is CNC(C)C(=O)N[C@H]1CCS[C@H]2CC(C)(C)[C@@H](C(=O)N[C@H]3c4ccccc4C[C@H]3OCC#CC#CCO[C@@H]3Cc4ccccc4[C@@H]3NC(=O)[C@H]3N4C(=O)[C@@H](NC(=O)C(C)NC)CCS[C@H]4CC3(C)C)N2C1=O.Cl.Cl. The maximum Gasteiger partial charge on any atom is 0.246 e.